The molecule has 0 atom stereocenters. The van der Waals surface area contributed by atoms with E-state index >= 15 is 0 Å². The van der Waals surface area contributed by atoms with Crippen LogP contribution in [0.5, 0.6) is 0 Å². The number of carbonyl (C=O) groups is 2. The third-order valence-electron chi connectivity index (χ3n) is 3.72. The van der Waals surface area contributed by atoms with Crippen LogP contribution < -0.4 is 10.6 Å². The van der Waals surface area contributed by atoms with Crippen molar-refractivity contribution in [2.24, 2.45) is 5.92 Å². The molecule has 0 aromatic heterocycles. The topological polar surface area (TPSA) is 64.7 Å². The smallest absolute Gasteiger partial charge is 0.321 e. The minimum atomic E-state index is -0.130. The lowest BCUT2D eigenvalue weighted by molar-refractivity contribution is -0.114. The van der Waals surface area contributed by atoms with Gasteiger partial charge in [-0.05, 0) is 24.1 Å². The van der Waals surface area contributed by atoms with Crippen molar-refractivity contribution in [3.8, 4) is 0 Å². The van der Waals surface area contributed by atoms with Crippen LogP contribution in [0, 0.1) is 5.92 Å². The molecule has 1 aromatic carbocycles. The Labute approximate surface area is 137 Å². The molecule has 23 heavy (non-hydrogen) atoms. The lowest BCUT2D eigenvalue weighted by Crippen LogP contribution is -2.50. The number of nitrogens with zero attached hydrogens (tertiary/aromatic N) is 2. The van der Waals surface area contributed by atoms with Crippen LogP contribution in [-0.2, 0) is 4.79 Å². The van der Waals surface area contributed by atoms with Crippen molar-refractivity contribution in [1.29, 1.82) is 0 Å². The summed E-state index contributed by atoms with van der Waals surface area (Å²) in [5.41, 5.74) is 1.36. The van der Waals surface area contributed by atoms with E-state index in [2.05, 4.69) is 29.4 Å². The van der Waals surface area contributed by atoms with Crippen LogP contribution in [-0.4, -0.2) is 54.5 Å². The predicted octanol–water partition coefficient (Wildman–Crippen LogP) is 2.45. The van der Waals surface area contributed by atoms with E-state index in [1.54, 1.807) is 12.1 Å². The van der Waals surface area contributed by atoms with Gasteiger partial charge in [-0.15, -0.1) is 0 Å². The number of rotatable bonds is 4. The first-order chi connectivity index (χ1) is 10.9. The fourth-order valence-electron chi connectivity index (χ4n) is 2.73. The Bertz CT molecular complexity index is 551. The van der Waals surface area contributed by atoms with Crippen molar-refractivity contribution in [3.63, 3.8) is 0 Å². The van der Waals surface area contributed by atoms with Gasteiger partial charge in [-0.1, -0.05) is 19.9 Å². The molecular weight excluding hydrogens is 292 g/mol. The van der Waals surface area contributed by atoms with E-state index in [0.29, 0.717) is 17.3 Å². The average Bonchev–Trinajstić information content (AvgIpc) is 2.47. The first-order valence-electron chi connectivity index (χ1n) is 8.10. The molecule has 0 radical (unpaired) electrons. The van der Waals surface area contributed by atoms with Crippen LogP contribution in [0.15, 0.2) is 24.3 Å². The molecule has 0 unspecified atom stereocenters. The van der Waals surface area contributed by atoms with Gasteiger partial charge >= 0.3 is 6.03 Å². The predicted molar refractivity (Wildman–Crippen MR) is 92.6 cm³/mol. The zero-order valence-electron chi connectivity index (χ0n) is 14.1. The van der Waals surface area contributed by atoms with E-state index in [-0.39, 0.29) is 11.9 Å². The number of nitrogens with one attached hydrogen (secondary N) is 2. The van der Waals surface area contributed by atoms with E-state index in [9.17, 15) is 9.59 Å². The molecule has 0 bridgehead atoms. The molecular formula is C17H26N4O2. The van der Waals surface area contributed by atoms with Gasteiger partial charge < -0.3 is 15.5 Å². The molecule has 6 heteroatoms. The molecule has 1 fully saturated rings. The summed E-state index contributed by atoms with van der Waals surface area (Å²) in [6.07, 6.45) is 0. The van der Waals surface area contributed by atoms with E-state index in [1.807, 2.05) is 17.0 Å². The van der Waals surface area contributed by atoms with E-state index < -0.39 is 0 Å². The normalized spacial score (nSPS) is 15.6. The van der Waals surface area contributed by atoms with Crippen molar-refractivity contribution in [2.45, 2.75) is 20.8 Å². The molecule has 1 aliphatic heterocycles. The Morgan fingerprint density at radius 3 is 2.26 bits per heavy atom. The summed E-state index contributed by atoms with van der Waals surface area (Å²) in [5, 5.41) is 5.61. The van der Waals surface area contributed by atoms with Gasteiger partial charge in [0.15, 0.2) is 0 Å². The van der Waals surface area contributed by atoms with Crippen LogP contribution in [0.3, 0.4) is 0 Å². The number of benzene rings is 1. The third-order valence-corrected chi connectivity index (χ3v) is 3.72. The molecule has 0 aliphatic carbocycles. The molecule has 0 saturated carbocycles. The second-order valence-corrected chi connectivity index (χ2v) is 6.37. The summed E-state index contributed by atoms with van der Waals surface area (Å²) < 4.78 is 0. The van der Waals surface area contributed by atoms with Crippen LogP contribution >= 0.6 is 0 Å². The molecule has 2 N–H and O–H groups in total. The number of carbonyl (C=O) groups excluding carboxylic acids is 2. The van der Waals surface area contributed by atoms with E-state index in [1.165, 1.54) is 6.92 Å². The zero-order chi connectivity index (χ0) is 16.8. The van der Waals surface area contributed by atoms with Gasteiger partial charge in [0.05, 0.1) is 0 Å². The lowest BCUT2D eigenvalue weighted by Gasteiger charge is -2.35. The largest absolute Gasteiger partial charge is 0.326 e. The van der Waals surface area contributed by atoms with Gasteiger partial charge in [-0.25, -0.2) is 4.79 Å². The summed E-state index contributed by atoms with van der Waals surface area (Å²) in [6, 6.07) is 7.09. The molecule has 1 saturated heterocycles. The summed E-state index contributed by atoms with van der Waals surface area (Å²) in [4.78, 5) is 27.7. The van der Waals surface area contributed by atoms with Gasteiger partial charge in [0.25, 0.3) is 0 Å². The highest BCUT2D eigenvalue weighted by atomic mass is 16.2. The second-order valence-electron chi connectivity index (χ2n) is 6.37. The summed E-state index contributed by atoms with van der Waals surface area (Å²) in [5.74, 6) is 0.515. The molecule has 3 amide bonds. The first-order valence-corrected chi connectivity index (χ1v) is 8.10. The fraction of sp³-hybridized carbons (Fsp3) is 0.529. The minimum absolute atomic E-state index is 0.0887. The Morgan fingerprint density at radius 1 is 1.09 bits per heavy atom. The maximum atomic E-state index is 12.3. The molecule has 6 nitrogen and oxygen atoms in total. The van der Waals surface area contributed by atoms with E-state index in [4.69, 9.17) is 0 Å². The Morgan fingerprint density at radius 2 is 1.70 bits per heavy atom. The highest BCUT2D eigenvalue weighted by molar-refractivity contribution is 5.92. The van der Waals surface area contributed by atoms with Gasteiger partial charge in [-0.2, -0.15) is 0 Å². The van der Waals surface area contributed by atoms with Crippen LogP contribution in [0.1, 0.15) is 20.8 Å². The Balaban J connectivity index is 1.86. The van der Waals surface area contributed by atoms with Crippen LogP contribution in [0.2, 0.25) is 0 Å². The number of anilines is 2. The number of amides is 3. The van der Waals surface area contributed by atoms with Crippen molar-refractivity contribution < 1.29 is 9.59 Å². The Hall–Kier alpha value is -2.08. The minimum Gasteiger partial charge on any atom is -0.326 e. The lowest BCUT2D eigenvalue weighted by atomic mass is 10.2. The molecule has 0 spiro atoms. The molecule has 2 rings (SSSR count). The van der Waals surface area contributed by atoms with Crippen molar-refractivity contribution in [2.75, 3.05) is 43.4 Å². The van der Waals surface area contributed by atoms with E-state index in [0.717, 1.165) is 32.7 Å². The summed E-state index contributed by atoms with van der Waals surface area (Å²) >= 11 is 0. The van der Waals surface area contributed by atoms with Crippen molar-refractivity contribution >= 4 is 23.3 Å². The third kappa shape index (κ3) is 5.56. The number of piperazine rings is 1. The highest BCUT2D eigenvalue weighted by Crippen LogP contribution is 2.16. The van der Waals surface area contributed by atoms with Crippen LogP contribution in [0.25, 0.3) is 0 Å². The standard InChI is InChI=1S/C17H26N4O2/c1-13(2)12-20-7-9-21(10-8-20)17(23)19-16-6-4-5-15(11-16)18-14(3)22/h4-6,11,13H,7-10,12H2,1-3H3,(H,18,22)(H,19,23). The van der Waals surface area contributed by atoms with Gasteiger partial charge in [0.2, 0.25) is 5.91 Å². The number of urea groups is 1. The highest BCUT2D eigenvalue weighted by Gasteiger charge is 2.21. The van der Waals surface area contributed by atoms with Gasteiger partial charge in [0.1, 0.15) is 0 Å². The van der Waals surface area contributed by atoms with Crippen molar-refractivity contribution in [1.82, 2.24) is 9.80 Å². The second kappa shape index (κ2) is 7.97. The first kappa shape index (κ1) is 17.3. The van der Waals surface area contributed by atoms with Gasteiger partial charge in [0, 0.05) is 51.0 Å². The van der Waals surface area contributed by atoms with Crippen LogP contribution in [0.4, 0.5) is 16.2 Å². The number of hydrogen-bond acceptors (Lipinski definition) is 3. The quantitative estimate of drug-likeness (QED) is 0.896. The molecule has 126 valence electrons. The molecule has 1 heterocycles. The number of hydrogen-bond donors (Lipinski definition) is 2. The molecule has 1 aromatic rings. The van der Waals surface area contributed by atoms with Gasteiger partial charge in [-0.3, -0.25) is 9.69 Å². The maximum absolute atomic E-state index is 12.3. The fourth-order valence-corrected chi connectivity index (χ4v) is 2.73. The summed E-state index contributed by atoms with van der Waals surface area (Å²) in [6.45, 7) is 10.3. The maximum Gasteiger partial charge on any atom is 0.321 e. The average molecular weight is 318 g/mol. The SMILES string of the molecule is CC(=O)Nc1cccc(NC(=O)N2CCN(CC(C)C)CC2)c1. The van der Waals surface area contributed by atoms with Crippen molar-refractivity contribution in [3.05, 3.63) is 24.3 Å². The summed E-state index contributed by atoms with van der Waals surface area (Å²) in [7, 11) is 0. The Kier molecular flexibility index (Phi) is 5.98. The molecule has 1 aliphatic rings. The monoisotopic (exact) mass is 318 g/mol. The zero-order valence-corrected chi connectivity index (χ0v) is 14.1.